The fraction of sp³-hybridized carbons (Fsp3) is 0.429. The van der Waals surface area contributed by atoms with Crippen molar-refractivity contribution in [1.82, 2.24) is 10.2 Å². The number of anilines is 1. The van der Waals surface area contributed by atoms with Crippen LogP contribution >= 0.6 is 0 Å². The number of ether oxygens (including phenoxy) is 2. The average Bonchev–Trinajstić information content (AvgIpc) is 2.53. The minimum atomic E-state index is -0.718. The van der Waals surface area contributed by atoms with Gasteiger partial charge in [0.1, 0.15) is 5.75 Å². The number of para-hydroxylation sites is 2. The summed E-state index contributed by atoms with van der Waals surface area (Å²) in [6, 6.07) is 7.01. The molecule has 0 saturated carbocycles. The normalized spacial score (nSPS) is 21.0. The van der Waals surface area contributed by atoms with Gasteiger partial charge < -0.3 is 25.0 Å². The number of amides is 3. The van der Waals surface area contributed by atoms with Crippen LogP contribution in [0.3, 0.4) is 0 Å². The van der Waals surface area contributed by atoms with Crippen LogP contribution < -0.4 is 15.4 Å². The molecule has 0 radical (unpaired) electrons. The molecule has 21 heavy (non-hydrogen) atoms. The Hall–Kier alpha value is -2.28. The van der Waals surface area contributed by atoms with Gasteiger partial charge in [0.05, 0.1) is 25.4 Å². The number of carbonyl (C=O) groups is 2. The molecule has 1 aromatic carbocycles. The largest absolute Gasteiger partial charge is 0.477 e. The van der Waals surface area contributed by atoms with Crippen molar-refractivity contribution >= 4 is 17.6 Å². The van der Waals surface area contributed by atoms with Gasteiger partial charge in [-0.05, 0) is 12.1 Å². The molecule has 1 aromatic rings. The Labute approximate surface area is 122 Å². The second-order valence-electron chi connectivity index (χ2n) is 4.88. The van der Waals surface area contributed by atoms with Crippen molar-refractivity contribution in [1.29, 1.82) is 0 Å². The highest BCUT2D eigenvalue weighted by Gasteiger charge is 2.28. The van der Waals surface area contributed by atoms with E-state index in [-0.39, 0.29) is 18.5 Å². The van der Waals surface area contributed by atoms with Gasteiger partial charge in [-0.2, -0.15) is 0 Å². The summed E-state index contributed by atoms with van der Waals surface area (Å²) in [6.07, 6.45) is -0.718. The van der Waals surface area contributed by atoms with E-state index >= 15 is 0 Å². The van der Waals surface area contributed by atoms with Crippen molar-refractivity contribution in [3.05, 3.63) is 24.3 Å². The van der Waals surface area contributed by atoms with E-state index in [4.69, 9.17) is 9.47 Å². The topological polar surface area (TPSA) is 79.9 Å². The third kappa shape index (κ3) is 3.08. The Balaban J connectivity index is 1.56. The minimum Gasteiger partial charge on any atom is -0.477 e. The maximum absolute atomic E-state index is 12.0. The average molecular weight is 291 g/mol. The van der Waals surface area contributed by atoms with E-state index in [2.05, 4.69) is 10.6 Å². The van der Waals surface area contributed by atoms with E-state index < -0.39 is 6.10 Å². The minimum absolute atomic E-state index is 0.135. The maximum atomic E-state index is 12.0. The van der Waals surface area contributed by atoms with Crippen LogP contribution in [0, 0.1) is 0 Å². The number of rotatable bonds is 2. The zero-order chi connectivity index (χ0) is 14.7. The first kappa shape index (κ1) is 13.7. The molecule has 112 valence electrons. The second kappa shape index (κ2) is 6.01. The Morgan fingerprint density at radius 1 is 1.33 bits per heavy atom. The highest BCUT2D eigenvalue weighted by Crippen LogP contribution is 2.28. The van der Waals surface area contributed by atoms with E-state index in [1.807, 2.05) is 12.1 Å². The molecular formula is C14H17N3O4. The van der Waals surface area contributed by atoms with Crippen molar-refractivity contribution < 1.29 is 19.1 Å². The van der Waals surface area contributed by atoms with Gasteiger partial charge in [0, 0.05) is 13.1 Å². The van der Waals surface area contributed by atoms with Crippen LogP contribution in [0.1, 0.15) is 0 Å². The van der Waals surface area contributed by atoms with Crippen LogP contribution in [-0.4, -0.2) is 55.8 Å². The molecule has 0 aromatic heterocycles. The number of nitrogens with one attached hydrogen (secondary N) is 2. The SMILES string of the molecule is O=C1Nc2ccccc2OC1CNC(=O)N1CCOCC1. The number of hydrogen-bond donors (Lipinski definition) is 2. The monoisotopic (exact) mass is 291 g/mol. The number of urea groups is 1. The van der Waals surface area contributed by atoms with Gasteiger partial charge in [0.2, 0.25) is 0 Å². The standard InChI is InChI=1S/C14H17N3O4/c18-13-12(21-11-4-2-1-3-10(11)16-13)9-15-14(19)17-5-7-20-8-6-17/h1-4,12H,5-9H2,(H,15,19)(H,16,18). The predicted molar refractivity (Wildman–Crippen MR) is 75.3 cm³/mol. The number of carbonyl (C=O) groups excluding carboxylic acids is 2. The maximum Gasteiger partial charge on any atom is 0.317 e. The lowest BCUT2D eigenvalue weighted by Gasteiger charge is -2.29. The molecule has 7 heteroatoms. The fourth-order valence-corrected chi connectivity index (χ4v) is 2.29. The third-order valence-corrected chi connectivity index (χ3v) is 3.44. The van der Waals surface area contributed by atoms with Gasteiger partial charge in [-0.15, -0.1) is 0 Å². The Morgan fingerprint density at radius 3 is 2.90 bits per heavy atom. The van der Waals surface area contributed by atoms with Gasteiger partial charge in [0.15, 0.2) is 6.10 Å². The first-order valence-corrected chi connectivity index (χ1v) is 6.91. The second-order valence-corrected chi connectivity index (χ2v) is 4.88. The first-order valence-electron chi connectivity index (χ1n) is 6.91. The van der Waals surface area contributed by atoms with Crippen molar-refractivity contribution in [2.75, 3.05) is 38.2 Å². The summed E-state index contributed by atoms with van der Waals surface area (Å²) < 4.78 is 10.8. The molecule has 7 nitrogen and oxygen atoms in total. The van der Waals surface area contributed by atoms with Gasteiger partial charge in [0.25, 0.3) is 5.91 Å². The van der Waals surface area contributed by atoms with Crippen molar-refractivity contribution in [3.63, 3.8) is 0 Å². The van der Waals surface area contributed by atoms with Crippen molar-refractivity contribution in [3.8, 4) is 5.75 Å². The molecule has 1 atom stereocenters. The summed E-state index contributed by atoms with van der Waals surface area (Å²) in [6.45, 7) is 2.34. The fourth-order valence-electron chi connectivity index (χ4n) is 2.29. The lowest BCUT2D eigenvalue weighted by molar-refractivity contribution is -0.123. The summed E-state index contributed by atoms with van der Waals surface area (Å²) in [4.78, 5) is 25.6. The van der Waals surface area contributed by atoms with E-state index in [1.54, 1.807) is 17.0 Å². The molecule has 0 bridgehead atoms. The molecule has 0 spiro atoms. The Kier molecular flexibility index (Phi) is 3.92. The lowest BCUT2D eigenvalue weighted by Crippen LogP contribution is -2.51. The summed E-state index contributed by atoms with van der Waals surface area (Å²) in [5.41, 5.74) is 0.651. The smallest absolute Gasteiger partial charge is 0.317 e. The molecule has 2 aliphatic rings. The summed E-state index contributed by atoms with van der Waals surface area (Å²) >= 11 is 0. The van der Waals surface area contributed by atoms with Crippen LogP contribution in [0.5, 0.6) is 5.75 Å². The number of benzene rings is 1. The Bertz CT molecular complexity index is 543. The highest BCUT2D eigenvalue weighted by atomic mass is 16.5. The number of fused-ring (bicyclic) bond motifs is 1. The lowest BCUT2D eigenvalue weighted by atomic mass is 10.2. The zero-order valence-electron chi connectivity index (χ0n) is 11.5. The summed E-state index contributed by atoms with van der Waals surface area (Å²) in [5, 5.41) is 5.49. The van der Waals surface area contributed by atoms with Gasteiger partial charge in [-0.3, -0.25) is 4.79 Å². The number of morpholine rings is 1. The summed E-state index contributed by atoms with van der Waals surface area (Å²) in [5.74, 6) is 0.360. The molecule has 3 amide bonds. The van der Waals surface area contributed by atoms with E-state index in [0.29, 0.717) is 37.7 Å². The molecule has 2 N–H and O–H groups in total. The van der Waals surface area contributed by atoms with Gasteiger partial charge in [-0.25, -0.2) is 4.79 Å². The molecule has 1 fully saturated rings. The van der Waals surface area contributed by atoms with Crippen LogP contribution in [-0.2, 0) is 9.53 Å². The zero-order valence-corrected chi connectivity index (χ0v) is 11.5. The third-order valence-electron chi connectivity index (χ3n) is 3.44. The predicted octanol–water partition coefficient (Wildman–Crippen LogP) is 0.428. The molecule has 1 saturated heterocycles. The van der Waals surface area contributed by atoms with Gasteiger partial charge in [-0.1, -0.05) is 12.1 Å². The first-order chi connectivity index (χ1) is 10.2. The van der Waals surface area contributed by atoms with Crippen molar-refractivity contribution in [2.45, 2.75) is 6.10 Å². The Morgan fingerprint density at radius 2 is 2.10 bits per heavy atom. The molecule has 2 heterocycles. The summed E-state index contributed by atoms with van der Waals surface area (Å²) in [7, 11) is 0. The van der Waals surface area contributed by atoms with Gasteiger partial charge >= 0.3 is 6.03 Å². The van der Waals surface area contributed by atoms with Crippen LogP contribution in [0.4, 0.5) is 10.5 Å². The van der Waals surface area contributed by atoms with E-state index in [1.165, 1.54) is 0 Å². The molecular weight excluding hydrogens is 274 g/mol. The quantitative estimate of drug-likeness (QED) is 0.828. The highest BCUT2D eigenvalue weighted by molar-refractivity contribution is 5.98. The molecule has 2 aliphatic heterocycles. The van der Waals surface area contributed by atoms with E-state index in [0.717, 1.165) is 0 Å². The number of nitrogens with zero attached hydrogens (tertiary/aromatic N) is 1. The molecule has 0 aliphatic carbocycles. The van der Waals surface area contributed by atoms with Crippen LogP contribution in [0.2, 0.25) is 0 Å². The molecule has 1 unspecified atom stereocenters. The van der Waals surface area contributed by atoms with E-state index in [9.17, 15) is 9.59 Å². The van der Waals surface area contributed by atoms with Crippen LogP contribution in [0.25, 0.3) is 0 Å². The number of hydrogen-bond acceptors (Lipinski definition) is 4. The molecule has 3 rings (SSSR count). The van der Waals surface area contributed by atoms with Crippen LogP contribution in [0.15, 0.2) is 24.3 Å². The van der Waals surface area contributed by atoms with Crippen molar-refractivity contribution in [2.24, 2.45) is 0 Å².